The Kier molecular flexibility index (Phi) is 5.18. The van der Waals surface area contributed by atoms with Crippen LogP contribution in [0.2, 0.25) is 0 Å². The molecule has 4 nitrogen and oxygen atoms in total. The van der Waals surface area contributed by atoms with Crippen LogP contribution >= 0.6 is 11.3 Å². The zero-order valence-corrected chi connectivity index (χ0v) is 12.6. The maximum atomic E-state index is 12.5. The van der Waals surface area contributed by atoms with Crippen LogP contribution in [0.4, 0.5) is 0 Å². The lowest BCUT2D eigenvalue weighted by molar-refractivity contribution is -0.0386. The predicted molar refractivity (Wildman–Crippen MR) is 78.8 cm³/mol. The Morgan fingerprint density at radius 1 is 1.60 bits per heavy atom. The van der Waals surface area contributed by atoms with Crippen molar-refractivity contribution in [3.8, 4) is 11.8 Å². The van der Waals surface area contributed by atoms with Crippen molar-refractivity contribution >= 4 is 17.2 Å². The number of hydrogen-bond acceptors (Lipinski definition) is 4. The fourth-order valence-corrected chi connectivity index (χ4v) is 2.82. The van der Waals surface area contributed by atoms with Crippen molar-refractivity contribution < 1.29 is 14.6 Å². The number of ether oxygens (including phenoxy) is 1. The molecule has 2 unspecified atom stereocenters. The highest BCUT2D eigenvalue weighted by Gasteiger charge is 2.28. The van der Waals surface area contributed by atoms with Crippen LogP contribution in [0.5, 0.6) is 0 Å². The van der Waals surface area contributed by atoms with Gasteiger partial charge >= 0.3 is 0 Å². The Balaban J connectivity index is 2.07. The van der Waals surface area contributed by atoms with E-state index in [2.05, 4.69) is 11.8 Å². The fraction of sp³-hybridized carbons (Fsp3) is 0.533. The molecule has 5 heteroatoms. The molecule has 1 fully saturated rings. The Morgan fingerprint density at radius 2 is 2.40 bits per heavy atom. The van der Waals surface area contributed by atoms with E-state index in [9.17, 15) is 4.79 Å². The molecule has 2 rings (SSSR count). The molecule has 1 aliphatic heterocycles. The first-order chi connectivity index (χ1) is 9.61. The van der Waals surface area contributed by atoms with Crippen molar-refractivity contribution in [2.45, 2.75) is 32.4 Å². The van der Waals surface area contributed by atoms with Crippen LogP contribution in [0.25, 0.3) is 0 Å². The van der Waals surface area contributed by atoms with E-state index in [1.54, 1.807) is 0 Å². The minimum atomic E-state index is 0.0408. The zero-order valence-electron chi connectivity index (χ0n) is 11.8. The Bertz CT molecular complexity index is 529. The molecular weight excluding hydrogens is 274 g/mol. The summed E-state index contributed by atoms with van der Waals surface area (Å²) >= 11 is 1.46. The van der Waals surface area contributed by atoms with E-state index in [0.717, 1.165) is 4.88 Å². The van der Waals surface area contributed by atoms with Crippen LogP contribution in [-0.4, -0.2) is 47.8 Å². The average molecular weight is 293 g/mol. The van der Waals surface area contributed by atoms with E-state index < -0.39 is 0 Å². The van der Waals surface area contributed by atoms with Gasteiger partial charge in [0.25, 0.3) is 5.91 Å². The summed E-state index contributed by atoms with van der Waals surface area (Å²) in [5.74, 6) is 5.86. The van der Waals surface area contributed by atoms with E-state index in [-0.39, 0.29) is 24.7 Å². The van der Waals surface area contributed by atoms with Gasteiger partial charge in [-0.2, -0.15) is 0 Å². The second kappa shape index (κ2) is 6.89. The van der Waals surface area contributed by atoms with E-state index in [1.807, 2.05) is 30.2 Å². The lowest BCUT2D eigenvalue weighted by atomic mass is 10.1. The van der Waals surface area contributed by atoms with Crippen molar-refractivity contribution in [3.05, 3.63) is 21.9 Å². The van der Waals surface area contributed by atoms with Crippen LogP contribution in [0.15, 0.2) is 11.4 Å². The van der Waals surface area contributed by atoms with Crippen LogP contribution in [-0.2, 0) is 4.74 Å². The van der Waals surface area contributed by atoms with Gasteiger partial charge in [-0.05, 0) is 19.9 Å². The topological polar surface area (TPSA) is 49.8 Å². The fourth-order valence-electron chi connectivity index (χ4n) is 2.07. The Labute approximate surface area is 123 Å². The predicted octanol–water partition coefficient (Wildman–Crippen LogP) is 1.73. The van der Waals surface area contributed by atoms with Crippen molar-refractivity contribution in [2.75, 3.05) is 19.8 Å². The summed E-state index contributed by atoms with van der Waals surface area (Å²) in [6.07, 6.45) is 0.539. The quantitative estimate of drug-likeness (QED) is 0.845. The molecule has 2 atom stereocenters. The summed E-state index contributed by atoms with van der Waals surface area (Å²) in [5, 5.41) is 10.5. The van der Waals surface area contributed by atoms with Crippen LogP contribution < -0.4 is 0 Å². The molecule has 0 aliphatic carbocycles. The van der Waals surface area contributed by atoms with Crippen molar-refractivity contribution in [3.63, 3.8) is 0 Å². The van der Waals surface area contributed by atoms with Gasteiger partial charge in [-0.3, -0.25) is 4.79 Å². The van der Waals surface area contributed by atoms with Gasteiger partial charge in [0.15, 0.2) is 0 Å². The molecule has 0 bridgehead atoms. The summed E-state index contributed by atoms with van der Waals surface area (Å²) in [6, 6.07) is 1.92. The maximum Gasteiger partial charge on any atom is 0.255 e. The molecule has 1 aromatic rings. The number of aliphatic hydroxyl groups is 1. The van der Waals surface area contributed by atoms with Crippen molar-refractivity contribution in [1.29, 1.82) is 0 Å². The van der Waals surface area contributed by atoms with E-state index in [1.165, 1.54) is 11.3 Å². The number of morpholine rings is 1. The molecule has 1 aliphatic rings. The molecule has 108 valence electrons. The first-order valence-corrected chi connectivity index (χ1v) is 7.60. The molecule has 1 aromatic heterocycles. The number of hydrogen-bond donors (Lipinski definition) is 1. The summed E-state index contributed by atoms with van der Waals surface area (Å²) in [6.45, 7) is 5.25. The normalized spacial score (nSPS) is 22.2. The van der Waals surface area contributed by atoms with E-state index in [4.69, 9.17) is 9.84 Å². The number of thiophene rings is 1. The number of aliphatic hydroxyl groups excluding tert-OH is 1. The van der Waals surface area contributed by atoms with Crippen LogP contribution in [0.1, 0.15) is 35.5 Å². The lowest BCUT2D eigenvalue weighted by Crippen LogP contribution is -2.50. The second-order valence-electron chi connectivity index (χ2n) is 4.93. The molecular formula is C15H19NO3S. The molecule has 1 N–H and O–H groups in total. The number of amides is 1. The summed E-state index contributed by atoms with van der Waals surface area (Å²) in [4.78, 5) is 15.2. The van der Waals surface area contributed by atoms with Gasteiger partial charge in [0.2, 0.25) is 0 Å². The zero-order chi connectivity index (χ0) is 14.5. The smallest absolute Gasteiger partial charge is 0.255 e. The third-order valence-electron chi connectivity index (χ3n) is 3.16. The largest absolute Gasteiger partial charge is 0.395 e. The third-order valence-corrected chi connectivity index (χ3v) is 4.01. The highest BCUT2D eigenvalue weighted by Crippen LogP contribution is 2.19. The lowest BCUT2D eigenvalue weighted by Gasteiger charge is -2.36. The van der Waals surface area contributed by atoms with E-state index >= 15 is 0 Å². The molecule has 20 heavy (non-hydrogen) atoms. The second-order valence-corrected chi connectivity index (χ2v) is 5.84. The van der Waals surface area contributed by atoms with E-state index in [0.29, 0.717) is 25.1 Å². The Morgan fingerprint density at radius 3 is 3.15 bits per heavy atom. The van der Waals surface area contributed by atoms with Gasteiger partial charge in [-0.1, -0.05) is 11.8 Å². The number of nitrogens with zero attached hydrogens (tertiary/aromatic N) is 1. The van der Waals surface area contributed by atoms with Gasteiger partial charge < -0.3 is 14.7 Å². The Hall–Kier alpha value is -1.35. The standard InChI is InChI=1S/C15H19NO3S/c1-11-9-19-12(2)8-16(11)15(18)13-7-14(20-10-13)5-3-4-6-17/h7,10-12,17H,4,6,8-9H2,1-2H3. The number of carbonyl (C=O) groups is 1. The summed E-state index contributed by atoms with van der Waals surface area (Å²) < 4.78 is 5.54. The molecule has 0 aromatic carbocycles. The van der Waals surface area contributed by atoms with Gasteiger partial charge in [-0.15, -0.1) is 11.3 Å². The van der Waals surface area contributed by atoms with Crippen molar-refractivity contribution in [2.24, 2.45) is 0 Å². The SMILES string of the molecule is CC1CN(C(=O)c2csc(C#CCCO)c2)C(C)CO1. The van der Waals surface area contributed by atoms with Gasteiger partial charge in [0.05, 0.1) is 35.8 Å². The van der Waals surface area contributed by atoms with Crippen LogP contribution in [0, 0.1) is 11.8 Å². The van der Waals surface area contributed by atoms with Gasteiger partial charge in [0.1, 0.15) is 0 Å². The molecule has 1 saturated heterocycles. The third kappa shape index (κ3) is 3.60. The minimum absolute atomic E-state index is 0.0408. The highest BCUT2D eigenvalue weighted by atomic mass is 32.1. The van der Waals surface area contributed by atoms with Crippen LogP contribution in [0.3, 0.4) is 0 Å². The molecule has 1 amide bonds. The molecule has 0 saturated carbocycles. The number of carbonyl (C=O) groups excluding carboxylic acids is 1. The average Bonchev–Trinajstić information content (AvgIpc) is 2.90. The summed E-state index contributed by atoms with van der Waals surface area (Å²) in [7, 11) is 0. The molecule has 0 spiro atoms. The first-order valence-electron chi connectivity index (χ1n) is 6.72. The maximum absolute atomic E-state index is 12.5. The van der Waals surface area contributed by atoms with Crippen molar-refractivity contribution in [1.82, 2.24) is 4.90 Å². The number of rotatable bonds is 2. The van der Waals surface area contributed by atoms with Gasteiger partial charge in [0, 0.05) is 18.3 Å². The minimum Gasteiger partial charge on any atom is -0.395 e. The summed E-state index contributed by atoms with van der Waals surface area (Å²) in [5.41, 5.74) is 0.684. The highest BCUT2D eigenvalue weighted by molar-refractivity contribution is 7.10. The first kappa shape index (κ1) is 15.0. The van der Waals surface area contributed by atoms with Gasteiger partial charge in [-0.25, -0.2) is 0 Å². The monoisotopic (exact) mass is 293 g/mol. The molecule has 0 radical (unpaired) electrons. The molecule has 2 heterocycles.